The Balaban J connectivity index is 2.74. The second-order valence-corrected chi connectivity index (χ2v) is 4.23. The van der Waals surface area contributed by atoms with E-state index in [0.29, 0.717) is 6.42 Å². The van der Waals surface area contributed by atoms with E-state index in [1.54, 1.807) is 6.92 Å². The average molecular weight is 171 g/mol. The van der Waals surface area contributed by atoms with Crippen LogP contribution in [0, 0.1) is 0 Å². The summed E-state index contributed by atoms with van der Waals surface area (Å²) < 4.78 is 5.46. The largest absolute Gasteiger partial charge is 0.547 e. The van der Waals surface area contributed by atoms with Crippen LogP contribution >= 0.6 is 0 Å². The van der Waals surface area contributed by atoms with Crippen LogP contribution in [0.1, 0.15) is 40.0 Å². The Labute approximate surface area is 72.7 Å². The predicted octanol–water partition coefficient (Wildman–Crippen LogP) is 0.474. The molecule has 0 unspecified atom stereocenters. The maximum atomic E-state index is 10.7. The van der Waals surface area contributed by atoms with Gasteiger partial charge in [-0.15, -0.1) is 0 Å². The minimum Gasteiger partial charge on any atom is -0.547 e. The number of rotatable bonds is 1. The van der Waals surface area contributed by atoms with E-state index < -0.39 is 11.6 Å². The molecule has 70 valence electrons. The zero-order valence-corrected chi connectivity index (χ0v) is 7.85. The molecule has 0 radical (unpaired) electrons. The summed E-state index contributed by atoms with van der Waals surface area (Å²) in [6.07, 6.45) is 2.35. The summed E-state index contributed by atoms with van der Waals surface area (Å²) in [5, 5.41) is 10.7. The van der Waals surface area contributed by atoms with Crippen LogP contribution in [0.5, 0.6) is 0 Å². The first-order valence-corrected chi connectivity index (χ1v) is 4.27. The summed E-state index contributed by atoms with van der Waals surface area (Å²) in [7, 11) is 0. The normalized spacial score (nSPS) is 34.6. The molecule has 0 saturated carbocycles. The van der Waals surface area contributed by atoms with Gasteiger partial charge < -0.3 is 14.6 Å². The van der Waals surface area contributed by atoms with E-state index in [1.165, 1.54) is 0 Å². The van der Waals surface area contributed by atoms with Gasteiger partial charge in [-0.2, -0.15) is 0 Å². The number of hydrogen-bond acceptors (Lipinski definition) is 3. The van der Waals surface area contributed by atoms with Crippen molar-refractivity contribution in [2.24, 2.45) is 0 Å². The SMILES string of the molecule is CC1(C)CCC[C@](C)(C(=O)[O-])O1. The first-order chi connectivity index (χ1) is 5.36. The van der Waals surface area contributed by atoms with Crippen LogP contribution in [-0.4, -0.2) is 17.2 Å². The van der Waals surface area contributed by atoms with Crippen LogP contribution in [0.4, 0.5) is 0 Å². The van der Waals surface area contributed by atoms with Gasteiger partial charge in [-0.3, -0.25) is 0 Å². The lowest BCUT2D eigenvalue weighted by Crippen LogP contribution is -2.54. The monoisotopic (exact) mass is 171 g/mol. The van der Waals surface area contributed by atoms with Gasteiger partial charge in [-0.1, -0.05) is 0 Å². The van der Waals surface area contributed by atoms with Gasteiger partial charge in [0.05, 0.1) is 11.6 Å². The number of carbonyl (C=O) groups excluding carboxylic acids is 1. The Kier molecular flexibility index (Phi) is 2.17. The minimum absolute atomic E-state index is 0.326. The Morgan fingerprint density at radius 3 is 2.25 bits per heavy atom. The topological polar surface area (TPSA) is 49.4 Å². The molecule has 1 aliphatic rings. The van der Waals surface area contributed by atoms with E-state index in [1.807, 2.05) is 13.8 Å². The van der Waals surface area contributed by atoms with Gasteiger partial charge in [-0.25, -0.2) is 0 Å². The van der Waals surface area contributed by atoms with Crippen molar-refractivity contribution in [3.05, 3.63) is 0 Å². The van der Waals surface area contributed by atoms with Crippen LogP contribution in [0.2, 0.25) is 0 Å². The van der Waals surface area contributed by atoms with Gasteiger partial charge in [-0.05, 0) is 40.0 Å². The van der Waals surface area contributed by atoms with Crippen molar-refractivity contribution < 1.29 is 14.6 Å². The molecular formula is C9H15O3-. The first-order valence-electron chi connectivity index (χ1n) is 4.27. The van der Waals surface area contributed by atoms with Crippen LogP contribution in [0.15, 0.2) is 0 Å². The van der Waals surface area contributed by atoms with Gasteiger partial charge >= 0.3 is 0 Å². The zero-order valence-electron chi connectivity index (χ0n) is 7.85. The highest BCUT2D eigenvalue weighted by atomic mass is 16.5. The Morgan fingerprint density at radius 2 is 1.92 bits per heavy atom. The lowest BCUT2D eigenvalue weighted by atomic mass is 9.88. The Morgan fingerprint density at radius 1 is 1.33 bits per heavy atom. The maximum Gasteiger partial charge on any atom is 0.105 e. The van der Waals surface area contributed by atoms with Crippen LogP contribution in [-0.2, 0) is 9.53 Å². The van der Waals surface area contributed by atoms with Crippen molar-refractivity contribution in [1.29, 1.82) is 0 Å². The van der Waals surface area contributed by atoms with Crippen molar-refractivity contribution in [3.63, 3.8) is 0 Å². The molecule has 1 aliphatic heterocycles. The molecule has 0 amide bonds. The van der Waals surface area contributed by atoms with E-state index >= 15 is 0 Å². The van der Waals surface area contributed by atoms with Gasteiger partial charge in [0.2, 0.25) is 0 Å². The summed E-state index contributed by atoms with van der Waals surface area (Å²) in [5.41, 5.74) is -1.41. The van der Waals surface area contributed by atoms with Crippen LogP contribution in [0.25, 0.3) is 0 Å². The molecule has 0 aromatic heterocycles. The molecule has 1 fully saturated rings. The van der Waals surface area contributed by atoms with Crippen LogP contribution < -0.4 is 5.11 Å². The molecule has 1 atom stereocenters. The van der Waals surface area contributed by atoms with E-state index in [-0.39, 0.29) is 5.60 Å². The lowest BCUT2D eigenvalue weighted by Gasteiger charge is -2.43. The highest BCUT2D eigenvalue weighted by Crippen LogP contribution is 2.34. The Hall–Kier alpha value is -0.570. The summed E-state index contributed by atoms with van der Waals surface area (Å²) in [6.45, 7) is 5.41. The number of carboxylic acids is 1. The molecule has 3 nitrogen and oxygen atoms in total. The number of carboxylic acid groups (broad SMARTS) is 1. The molecule has 0 aromatic rings. The summed E-state index contributed by atoms with van der Waals surface area (Å²) in [5.74, 6) is -1.10. The highest BCUT2D eigenvalue weighted by molar-refractivity contribution is 5.74. The van der Waals surface area contributed by atoms with E-state index in [0.717, 1.165) is 12.8 Å². The summed E-state index contributed by atoms with van der Waals surface area (Å²) in [4.78, 5) is 10.7. The summed E-state index contributed by atoms with van der Waals surface area (Å²) >= 11 is 0. The average Bonchev–Trinajstić information content (AvgIpc) is 1.83. The Bertz CT molecular complexity index is 198. The first kappa shape index (κ1) is 9.52. The quantitative estimate of drug-likeness (QED) is 0.576. The molecule has 1 saturated heterocycles. The van der Waals surface area contributed by atoms with Gasteiger partial charge in [0.1, 0.15) is 5.60 Å². The molecule has 0 spiro atoms. The molecule has 3 heteroatoms. The molecule has 12 heavy (non-hydrogen) atoms. The van der Waals surface area contributed by atoms with E-state index in [2.05, 4.69) is 0 Å². The number of hydrogen-bond donors (Lipinski definition) is 0. The molecular weight excluding hydrogens is 156 g/mol. The number of ether oxygens (including phenoxy) is 1. The maximum absolute atomic E-state index is 10.7. The molecule has 0 aliphatic carbocycles. The lowest BCUT2D eigenvalue weighted by molar-refractivity contribution is -0.335. The third-order valence-corrected chi connectivity index (χ3v) is 2.37. The zero-order chi connectivity index (χ0) is 9.41. The minimum atomic E-state index is -1.10. The smallest absolute Gasteiger partial charge is 0.105 e. The number of carbonyl (C=O) groups is 1. The molecule has 0 N–H and O–H groups in total. The van der Waals surface area contributed by atoms with Crippen molar-refractivity contribution >= 4 is 5.97 Å². The third-order valence-electron chi connectivity index (χ3n) is 2.37. The van der Waals surface area contributed by atoms with Crippen molar-refractivity contribution in [3.8, 4) is 0 Å². The number of aliphatic carboxylic acids is 1. The molecule has 1 rings (SSSR count). The molecule has 1 heterocycles. The fraction of sp³-hybridized carbons (Fsp3) is 0.889. The fourth-order valence-corrected chi connectivity index (χ4v) is 1.71. The van der Waals surface area contributed by atoms with Gasteiger partial charge in [0.25, 0.3) is 0 Å². The van der Waals surface area contributed by atoms with Crippen molar-refractivity contribution in [1.82, 2.24) is 0 Å². The standard InChI is InChI=1S/C9H16O3/c1-8(2)5-4-6-9(3,12-8)7(10)11/h4-6H2,1-3H3,(H,10,11)/p-1/t9-/m1/s1. The third kappa shape index (κ3) is 1.78. The van der Waals surface area contributed by atoms with Crippen LogP contribution in [0.3, 0.4) is 0 Å². The second-order valence-electron chi connectivity index (χ2n) is 4.23. The predicted molar refractivity (Wildman–Crippen MR) is 42.4 cm³/mol. The fourth-order valence-electron chi connectivity index (χ4n) is 1.71. The van der Waals surface area contributed by atoms with E-state index in [9.17, 15) is 9.90 Å². The summed E-state index contributed by atoms with van der Waals surface area (Å²) in [6, 6.07) is 0. The second kappa shape index (κ2) is 2.73. The molecule has 0 bridgehead atoms. The van der Waals surface area contributed by atoms with Gasteiger partial charge in [0.15, 0.2) is 0 Å². The van der Waals surface area contributed by atoms with E-state index in [4.69, 9.17) is 4.74 Å². The molecule has 0 aromatic carbocycles. The highest BCUT2D eigenvalue weighted by Gasteiger charge is 2.38. The van der Waals surface area contributed by atoms with Crippen molar-refractivity contribution in [2.45, 2.75) is 51.2 Å². The van der Waals surface area contributed by atoms with Crippen molar-refractivity contribution in [2.75, 3.05) is 0 Å². The van der Waals surface area contributed by atoms with Gasteiger partial charge in [0, 0.05) is 0 Å².